The highest BCUT2D eigenvalue weighted by Crippen LogP contribution is 2.44. The van der Waals surface area contributed by atoms with E-state index in [1.807, 2.05) is 0 Å². The second-order valence-corrected chi connectivity index (χ2v) is 6.65. The third-order valence-electron chi connectivity index (χ3n) is 4.13. The quantitative estimate of drug-likeness (QED) is 0.728. The Bertz CT molecular complexity index is 203. The summed E-state index contributed by atoms with van der Waals surface area (Å²) in [4.78, 5) is 0. The van der Waals surface area contributed by atoms with Gasteiger partial charge in [-0.1, -0.05) is 27.2 Å². The molecule has 0 heterocycles. The maximum absolute atomic E-state index is 3.78. The van der Waals surface area contributed by atoms with Gasteiger partial charge in [0.2, 0.25) is 0 Å². The molecule has 14 heavy (non-hydrogen) atoms. The summed E-state index contributed by atoms with van der Waals surface area (Å²) in [6, 6.07) is 0.802. The van der Waals surface area contributed by atoms with E-state index in [1.54, 1.807) is 0 Å². The van der Waals surface area contributed by atoms with E-state index in [4.69, 9.17) is 0 Å². The lowest BCUT2D eigenvalue weighted by Gasteiger charge is -2.36. The molecule has 0 radical (unpaired) electrons. The van der Waals surface area contributed by atoms with Crippen molar-refractivity contribution in [2.45, 2.75) is 65.3 Å². The van der Waals surface area contributed by atoms with Gasteiger partial charge in [-0.3, -0.25) is 0 Å². The van der Waals surface area contributed by atoms with E-state index in [-0.39, 0.29) is 0 Å². The van der Waals surface area contributed by atoms with Gasteiger partial charge < -0.3 is 5.32 Å². The van der Waals surface area contributed by atoms with Crippen LogP contribution in [-0.2, 0) is 0 Å². The van der Waals surface area contributed by atoms with E-state index in [0.29, 0.717) is 10.8 Å². The van der Waals surface area contributed by atoms with E-state index in [2.05, 4.69) is 26.1 Å². The SMILES string of the molecule is CC1(C)CCCC(NCC2(C)CC2)C1. The summed E-state index contributed by atoms with van der Waals surface area (Å²) >= 11 is 0. The average molecular weight is 195 g/mol. The van der Waals surface area contributed by atoms with Gasteiger partial charge in [-0.15, -0.1) is 0 Å². The highest BCUT2D eigenvalue weighted by Gasteiger charge is 2.38. The monoisotopic (exact) mass is 195 g/mol. The number of hydrogen-bond donors (Lipinski definition) is 1. The molecule has 0 aromatic carbocycles. The third kappa shape index (κ3) is 2.73. The Labute approximate surface area is 88.7 Å². The van der Waals surface area contributed by atoms with Gasteiger partial charge in [-0.2, -0.15) is 0 Å². The Kier molecular flexibility index (Phi) is 2.63. The van der Waals surface area contributed by atoms with Crippen LogP contribution >= 0.6 is 0 Å². The van der Waals surface area contributed by atoms with Crippen LogP contribution in [0.15, 0.2) is 0 Å². The topological polar surface area (TPSA) is 12.0 Å². The molecule has 2 saturated carbocycles. The van der Waals surface area contributed by atoms with Crippen LogP contribution in [0.2, 0.25) is 0 Å². The molecule has 0 aromatic rings. The summed E-state index contributed by atoms with van der Waals surface area (Å²) in [5, 5.41) is 3.78. The molecule has 0 spiro atoms. The van der Waals surface area contributed by atoms with Crippen molar-refractivity contribution in [2.75, 3.05) is 6.54 Å². The predicted molar refractivity (Wildman–Crippen MR) is 61.4 cm³/mol. The fraction of sp³-hybridized carbons (Fsp3) is 1.00. The lowest BCUT2D eigenvalue weighted by Crippen LogP contribution is -2.39. The first kappa shape index (κ1) is 10.5. The first-order valence-electron chi connectivity index (χ1n) is 6.23. The Morgan fingerprint density at radius 3 is 2.43 bits per heavy atom. The van der Waals surface area contributed by atoms with Gasteiger partial charge in [0, 0.05) is 12.6 Å². The fourth-order valence-corrected chi connectivity index (χ4v) is 2.65. The van der Waals surface area contributed by atoms with Gasteiger partial charge >= 0.3 is 0 Å². The molecule has 2 fully saturated rings. The fourth-order valence-electron chi connectivity index (χ4n) is 2.65. The van der Waals surface area contributed by atoms with Crippen molar-refractivity contribution >= 4 is 0 Å². The van der Waals surface area contributed by atoms with Crippen molar-refractivity contribution in [3.8, 4) is 0 Å². The maximum atomic E-state index is 3.78. The van der Waals surface area contributed by atoms with Crippen LogP contribution in [0.25, 0.3) is 0 Å². The number of nitrogens with one attached hydrogen (secondary N) is 1. The van der Waals surface area contributed by atoms with Crippen LogP contribution in [0, 0.1) is 10.8 Å². The Morgan fingerprint density at radius 1 is 1.14 bits per heavy atom. The van der Waals surface area contributed by atoms with Gasteiger partial charge in [-0.05, 0) is 42.9 Å². The minimum absolute atomic E-state index is 0.584. The van der Waals surface area contributed by atoms with Gasteiger partial charge in [0.25, 0.3) is 0 Å². The summed E-state index contributed by atoms with van der Waals surface area (Å²) in [7, 11) is 0. The van der Waals surface area contributed by atoms with E-state index in [1.165, 1.54) is 45.1 Å². The smallest absolute Gasteiger partial charge is 0.00723 e. The average Bonchev–Trinajstić information content (AvgIpc) is 2.80. The minimum Gasteiger partial charge on any atom is -0.313 e. The highest BCUT2D eigenvalue weighted by molar-refractivity contribution is 4.92. The van der Waals surface area contributed by atoms with Crippen LogP contribution in [0.4, 0.5) is 0 Å². The second kappa shape index (κ2) is 3.52. The molecule has 1 atom stereocenters. The highest BCUT2D eigenvalue weighted by atomic mass is 14.9. The molecule has 1 nitrogen and oxygen atoms in total. The van der Waals surface area contributed by atoms with Crippen molar-refractivity contribution in [3.05, 3.63) is 0 Å². The van der Waals surface area contributed by atoms with Crippen molar-refractivity contribution in [1.82, 2.24) is 5.32 Å². The summed E-state index contributed by atoms with van der Waals surface area (Å²) < 4.78 is 0. The van der Waals surface area contributed by atoms with Crippen molar-refractivity contribution in [2.24, 2.45) is 10.8 Å². The zero-order chi connectivity index (χ0) is 10.2. The molecule has 2 aliphatic rings. The number of rotatable bonds is 3. The lowest BCUT2D eigenvalue weighted by molar-refractivity contribution is 0.194. The molecule has 1 N–H and O–H groups in total. The first-order chi connectivity index (χ1) is 6.49. The molecule has 0 aliphatic heterocycles. The normalized spacial score (nSPS) is 34.1. The summed E-state index contributed by atoms with van der Waals surface area (Å²) in [5.74, 6) is 0. The second-order valence-electron chi connectivity index (χ2n) is 6.65. The Hall–Kier alpha value is -0.0400. The molecule has 0 bridgehead atoms. The van der Waals surface area contributed by atoms with Crippen molar-refractivity contribution in [3.63, 3.8) is 0 Å². The van der Waals surface area contributed by atoms with Gasteiger partial charge in [0.1, 0.15) is 0 Å². The van der Waals surface area contributed by atoms with Gasteiger partial charge in [0.05, 0.1) is 0 Å². The van der Waals surface area contributed by atoms with Gasteiger partial charge in [0.15, 0.2) is 0 Å². The molecular formula is C13H25N. The molecule has 82 valence electrons. The third-order valence-corrected chi connectivity index (χ3v) is 4.13. The minimum atomic E-state index is 0.584. The molecule has 2 rings (SSSR count). The van der Waals surface area contributed by atoms with Crippen LogP contribution in [0.5, 0.6) is 0 Å². The summed E-state index contributed by atoms with van der Waals surface area (Å²) in [6.07, 6.45) is 8.50. The first-order valence-corrected chi connectivity index (χ1v) is 6.23. The van der Waals surface area contributed by atoms with Crippen LogP contribution in [-0.4, -0.2) is 12.6 Å². The maximum Gasteiger partial charge on any atom is 0.00723 e. The summed E-state index contributed by atoms with van der Waals surface area (Å²) in [5.41, 5.74) is 1.25. The van der Waals surface area contributed by atoms with Crippen LogP contribution < -0.4 is 5.32 Å². The van der Waals surface area contributed by atoms with Gasteiger partial charge in [-0.25, -0.2) is 0 Å². The molecule has 0 aromatic heterocycles. The van der Waals surface area contributed by atoms with E-state index < -0.39 is 0 Å². The van der Waals surface area contributed by atoms with E-state index in [0.717, 1.165) is 6.04 Å². The Balaban J connectivity index is 1.75. The Morgan fingerprint density at radius 2 is 1.86 bits per heavy atom. The number of hydrogen-bond acceptors (Lipinski definition) is 1. The lowest BCUT2D eigenvalue weighted by atomic mass is 9.75. The molecule has 1 heteroatoms. The van der Waals surface area contributed by atoms with Crippen LogP contribution in [0.3, 0.4) is 0 Å². The van der Waals surface area contributed by atoms with Crippen molar-refractivity contribution in [1.29, 1.82) is 0 Å². The van der Waals surface area contributed by atoms with E-state index >= 15 is 0 Å². The molecule has 2 aliphatic carbocycles. The van der Waals surface area contributed by atoms with Crippen LogP contribution in [0.1, 0.15) is 59.3 Å². The predicted octanol–water partition coefficient (Wildman–Crippen LogP) is 3.34. The molecular weight excluding hydrogens is 170 g/mol. The molecule has 1 unspecified atom stereocenters. The van der Waals surface area contributed by atoms with Crippen molar-refractivity contribution < 1.29 is 0 Å². The summed E-state index contributed by atoms with van der Waals surface area (Å²) in [6.45, 7) is 8.50. The zero-order valence-corrected chi connectivity index (χ0v) is 10.0. The molecule has 0 amide bonds. The zero-order valence-electron chi connectivity index (χ0n) is 10.0. The van der Waals surface area contributed by atoms with E-state index in [9.17, 15) is 0 Å². The standard InChI is InChI=1S/C13H25N/c1-12(2)6-4-5-11(9-12)14-10-13(3)7-8-13/h11,14H,4-10H2,1-3H3. The largest absolute Gasteiger partial charge is 0.313 e. The molecule has 0 saturated heterocycles.